The highest BCUT2D eigenvalue weighted by Gasteiger charge is 2.30. The zero-order chi connectivity index (χ0) is 18.1. The number of carbonyl (C=O) groups excluding carboxylic acids is 1. The van der Waals surface area contributed by atoms with Crippen molar-refractivity contribution in [3.8, 4) is 0 Å². The Balaban J connectivity index is 1.27. The van der Waals surface area contributed by atoms with Gasteiger partial charge in [0, 0.05) is 17.5 Å². The summed E-state index contributed by atoms with van der Waals surface area (Å²) in [6.45, 7) is 6.45. The normalized spacial score (nSPS) is 18.8. The van der Waals surface area contributed by atoms with Gasteiger partial charge in [0.25, 0.3) is 0 Å². The monoisotopic (exact) mass is 370 g/mol. The van der Waals surface area contributed by atoms with Crippen molar-refractivity contribution in [1.82, 2.24) is 15.1 Å². The number of amides is 1. The topological polar surface area (TPSA) is 58.1 Å². The third kappa shape index (κ3) is 4.13. The number of carbonyl (C=O) groups is 1. The highest BCUT2D eigenvalue weighted by molar-refractivity contribution is 7.11. The van der Waals surface area contributed by atoms with Crippen molar-refractivity contribution < 1.29 is 4.79 Å². The van der Waals surface area contributed by atoms with Crippen molar-refractivity contribution in [2.45, 2.75) is 51.4 Å². The molecule has 2 fully saturated rings. The molecule has 0 atom stereocenters. The number of nitrogens with one attached hydrogen (secondary N) is 1. The molecule has 2 aliphatic rings. The van der Waals surface area contributed by atoms with Gasteiger partial charge in [0.05, 0.1) is 6.54 Å². The van der Waals surface area contributed by atoms with E-state index in [1.165, 1.54) is 28.4 Å². The molecule has 2 heterocycles. The van der Waals surface area contributed by atoms with Gasteiger partial charge in [-0.25, -0.2) is 0 Å². The van der Waals surface area contributed by atoms with Crippen molar-refractivity contribution in [1.29, 1.82) is 0 Å². The van der Waals surface area contributed by atoms with E-state index in [9.17, 15) is 4.79 Å². The Bertz CT molecular complexity index is 791. The molecule has 0 spiro atoms. The molecule has 0 radical (unpaired) electrons. The minimum absolute atomic E-state index is 0.0716. The molecule has 1 aliphatic carbocycles. The van der Waals surface area contributed by atoms with E-state index >= 15 is 0 Å². The van der Waals surface area contributed by atoms with Crippen LogP contribution in [-0.4, -0.2) is 40.6 Å². The first-order valence-corrected chi connectivity index (χ1v) is 10.3. The lowest BCUT2D eigenvalue weighted by atomic mass is 9.98. The maximum atomic E-state index is 12.4. The fourth-order valence-corrected chi connectivity index (χ4v) is 4.77. The standard InChI is InChI=1S/C20H26N4OS/c1-13-3-6-17(14(2)11-13)21-18(25)12-24-9-7-16(8-10-24)20-23-22-19(26-20)15-4-5-15/h3,6,11,15-16H,4-5,7-10,12H2,1-2H3,(H,21,25). The van der Waals surface area contributed by atoms with E-state index in [0.29, 0.717) is 18.4 Å². The highest BCUT2D eigenvalue weighted by Crippen LogP contribution is 2.43. The molecular formula is C20H26N4OS. The third-order valence-electron chi connectivity index (χ3n) is 5.34. The van der Waals surface area contributed by atoms with Crippen molar-refractivity contribution in [3.63, 3.8) is 0 Å². The van der Waals surface area contributed by atoms with Gasteiger partial charge in [-0.1, -0.05) is 17.7 Å². The fourth-order valence-electron chi connectivity index (χ4n) is 3.59. The zero-order valence-corrected chi connectivity index (χ0v) is 16.3. The Labute approximate surface area is 158 Å². The van der Waals surface area contributed by atoms with Crippen molar-refractivity contribution in [2.75, 3.05) is 25.0 Å². The molecule has 6 heteroatoms. The van der Waals surface area contributed by atoms with Crippen molar-refractivity contribution in [3.05, 3.63) is 39.3 Å². The Morgan fingerprint density at radius 1 is 1.12 bits per heavy atom. The van der Waals surface area contributed by atoms with E-state index in [4.69, 9.17) is 0 Å². The Hall–Kier alpha value is -1.79. The van der Waals surface area contributed by atoms with Gasteiger partial charge in [-0.2, -0.15) is 0 Å². The van der Waals surface area contributed by atoms with Crippen LogP contribution in [0.15, 0.2) is 18.2 Å². The van der Waals surface area contributed by atoms with Gasteiger partial charge in [-0.15, -0.1) is 21.5 Å². The van der Waals surface area contributed by atoms with E-state index in [0.717, 1.165) is 37.2 Å². The van der Waals surface area contributed by atoms with E-state index in [1.807, 2.05) is 30.4 Å². The minimum atomic E-state index is 0.0716. The smallest absolute Gasteiger partial charge is 0.238 e. The molecular weight excluding hydrogens is 344 g/mol. The maximum Gasteiger partial charge on any atom is 0.238 e. The van der Waals surface area contributed by atoms with Gasteiger partial charge in [0.15, 0.2) is 0 Å². The molecule has 1 saturated heterocycles. The van der Waals surface area contributed by atoms with Crippen LogP contribution in [-0.2, 0) is 4.79 Å². The van der Waals surface area contributed by atoms with E-state index in [-0.39, 0.29) is 5.91 Å². The molecule has 1 aliphatic heterocycles. The van der Waals surface area contributed by atoms with Crippen LogP contribution >= 0.6 is 11.3 Å². The molecule has 138 valence electrons. The predicted octanol–water partition coefficient (Wildman–Crippen LogP) is 3.85. The second kappa shape index (κ2) is 7.45. The van der Waals surface area contributed by atoms with Crippen LogP contribution in [0.1, 0.15) is 58.7 Å². The first-order valence-electron chi connectivity index (χ1n) is 9.51. The second-order valence-electron chi connectivity index (χ2n) is 7.67. The first-order chi connectivity index (χ1) is 12.6. The number of anilines is 1. The number of nitrogens with zero attached hydrogens (tertiary/aromatic N) is 3. The van der Waals surface area contributed by atoms with E-state index in [1.54, 1.807) is 0 Å². The van der Waals surface area contributed by atoms with Gasteiger partial charge >= 0.3 is 0 Å². The van der Waals surface area contributed by atoms with Crippen LogP contribution in [0.5, 0.6) is 0 Å². The first kappa shape index (κ1) is 17.6. The zero-order valence-electron chi connectivity index (χ0n) is 15.5. The number of likely N-dealkylation sites (tertiary alicyclic amines) is 1. The number of benzene rings is 1. The SMILES string of the molecule is Cc1ccc(NC(=O)CN2CCC(c3nnc(C4CC4)s3)CC2)c(C)c1. The van der Waals surface area contributed by atoms with Gasteiger partial charge in [-0.3, -0.25) is 9.69 Å². The summed E-state index contributed by atoms with van der Waals surface area (Å²) in [7, 11) is 0. The number of piperidine rings is 1. The lowest BCUT2D eigenvalue weighted by Gasteiger charge is -2.30. The van der Waals surface area contributed by atoms with Gasteiger partial charge in [0.1, 0.15) is 10.0 Å². The molecule has 0 bridgehead atoms. The van der Waals surface area contributed by atoms with Gasteiger partial charge < -0.3 is 5.32 Å². The molecule has 1 amide bonds. The molecule has 1 N–H and O–H groups in total. The maximum absolute atomic E-state index is 12.4. The Morgan fingerprint density at radius 2 is 1.77 bits per heavy atom. The quantitative estimate of drug-likeness (QED) is 0.868. The summed E-state index contributed by atoms with van der Waals surface area (Å²) in [4.78, 5) is 14.6. The summed E-state index contributed by atoms with van der Waals surface area (Å²) in [5.74, 6) is 1.27. The molecule has 5 nitrogen and oxygen atoms in total. The second-order valence-corrected chi connectivity index (χ2v) is 8.71. The number of aryl methyl sites for hydroxylation is 2. The van der Waals surface area contributed by atoms with Crippen LogP contribution in [0.25, 0.3) is 0 Å². The molecule has 1 aromatic heterocycles. The minimum Gasteiger partial charge on any atom is -0.325 e. The molecule has 1 saturated carbocycles. The number of aromatic nitrogens is 2. The van der Waals surface area contributed by atoms with Crippen LogP contribution in [0.3, 0.4) is 0 Å². The van der Waals surface area contributed by atoms with E-state index in [2.05, 4.69) is 33.4 Å². The van der Waals surface area contributed by atoms with Crippen molar-refractivity contribution >= 4 is 22.9 Å². The summed E-state index contributed by atoms with van der Waals surface area (Å²) in [5, 5.41) is 14.3. The average molecular weight is 371 g/mol. The number of hydrogen-bond donors (Lipinski definition) is 1. The largest absolute Gasteiger partial charge is 0.325 e. The Kier molecular flexibility index (Phi) is 5.05. The van der Waals surface area contributed by atoms with E-state index < -0.39 is 0 Å². The fraction of sp³-hybridized carbons (Fsp3) is 0.550. The van der Waals surface area contributed by atoms with Crippen LogP contribution in [0.4, 0.5) is 5.69 Å². The predicted molar refractivity (Wildman–Crippen MR) is 105 cm³/mol. The average Bonchev–Trinajstić information content (AvgIpc) is 3.35. The number of rotatable bonds is 5. The summed E-state index contributed by atoms with van der Waals surface area (Å²) < 4.78 is 0. The molecule has 0 unspecified atom stereocenters. The van der Waals surface area contributed by atoms with Gasteiger partial charge in [-0.05, 0) is 64.3 Å². The molecule has 1 aromatic carbocycles. The number of hydrogen-bond acceptors (Lipinski definition) is 5. The molecule has 26 heavy (non-hydrogen) atoms. The third-order valence-corrected chi connectivity index (χ3v) is 6.59. The highest BCUT2D eigenvalue weighted by atomic mass is 32.1. The summed E-state index contributed by atoms with van der Waals surface area (Å²) in [6.07, 6.45) is 4.69. The van der Waals surface area contributed by atoms with Crippen LogP contribution < -0.4 is 5.32 Å². The van der Waals surface area contributed by atoms with Crippen molar-refractivity contribution in [2.24, 2.45) is 0 Å². The lowest BCUT2D eigenvalue weighted by molar-refractivity contribution is -0.117. The molecule has 2 aromatic rings. The van der Waals surface area contributed by atoms with Crippen LogP contribution in [0.2, 0.25) is 0 Å². The van der Waals surface area contributed by atoms with Gasteiger partial charge in [0.2, 0.25) is 5.91 Å². The summed E-state index contributed by atoms with van der Waals surface area (Å²) in [5.41, 5.74) is 3.24. The summed E-state index contributed by atoms with van der Waals surface area (Å²) in [6, 6.07) is 6.12. The van der Waals surface area contributed by atoms with Crippen LogP contribution in [0, 0.1) is 13.8 Å². The lowest BCUT2D eigenvalue weighted by Crippen LogP contribution is -2.38. The Morgan fingerprint density at radius 3 is 2.38 bits per heavy atom. The molecule has 4 rings (SSSR count). The summed E-state index contributed by atoms with van der Waals surface area (Å²) >= 11 is 1.81.